The Balaban J connectivity index is 1.35. The molecule has 0 saturated carbocycles. The minimum Gasteiger partial charge on any atom is -0.444 e. The molecule has 2 saturated heterocycles. The number of ether oxygens (including phenoxy) is 2. The normalized spacial score (nSPS) is 21.2. The highest BCUT2D eigenvalue weighted by Crippen LogP contribution is 2.35. The average molecular weight is 462 g/mol. The number of benzene rings is 1. The van der Waals surface area contributed by atoms with Gasteiger partial charge >= 0.3 is 6.09 Å². The highest BCUT2D eigenvalue weighted by Gasteiger charge is 2.52. The molecular formula is C23H29F2N5O3. The van der Waals surface area contributed by atoms with E-state index >= 15 is 0 Å². The Morgan fingerprint density at radius 3 is 2.24 bits per heavy atom. The first-order valence-electron chi connectivity index (χ1n) is 11.0. The number of nitrogens with zero attached hydrogens (tertiary/aromatic N) is 4. The summed E-state index contributed by atoms with van der Waals surface area (Å²) in [4.78, 5) is 24.7. The molecule has 2 fully saturated rings. The molecule has 10 heteroatoms. The van der Waals surface area contributed by atoms with E-state index in [9.17, 15) is 13.6 Å². The molecule has 0 aliphatic carbocycles. The van der Waals surface area contributed by atoms with Crippen LogP contribution in [0.1, 0.15) is 33.6 Å². The molecule has 0 radical (unpaired) electrons. The van der Waals surface area contributed by atoms with E-state index in [0.29, 0.717) is 36.8 Å². The summed E-state index contributed by atoms with van der Waals surface area (Å²) in [5, 5.41) is 3.22. The minimum absolute atomic E-state index is 0.202. The fourth-order valence-electron chi connectivity index (χ4n) is 3.93. The molecule has 1 aromatic carbocycles. The predicted octanol–water partition coefficient (Wildman–Crippen LogP) is 3.85. The Kier molecular flexibility index (Phi) is 6.24. The highest BCUT2D eigenvalue weighted by molar-refractivity contribution is 5.68. The van der Waals surface area contributed by atoms with Gasteiger partial charge in [-0.05, 0) is 58.4 Å². The molecule has 1 aromatic heterocycles. The number of carbonyl (C=O) groups excluding carboxylic acids is 1. The number of aromatic nitrogens is 2. The van der Waals surface area contributed by atoms with Crippen LogP contribution in [0.25, 0.3) is 11.1 Å². The summed E-state index contributed by atoms with van der Waals surface area (Å²) in [5.41, 5.74) is 0.358. The van der Waals surface area contributed by atoms with Gasteiger partial charge in [0.25, 0.3) is 0 Å². The van der Waals surface area contributed by atoms with E-state index < -0.39 is 23.1 Å². The molecule has 2 aliphatic rings. The molecule has 0 bridgehead atoms. The monoisotopic (exact) mass is 461 g/mol. The second-order valence-corrected chi connectivity index (χ2v) is 9.46. The van der Waals surface area contributed by atoms with Crippen LogP contribution in [0.3, 0.4) is 0 Å². The molecule has 2 aromatic rings. The number of hydrogen-bond donors (Lipinski definition) is 1. The van der Waals surface area contributed by atoms with Gasteiger partial charge in [0.1, 0.15) is 23.8 Å². The van der Waals surface area contributed by atoms with Gasteiger partial charge in [-0.15, -0.1) is 0 Å². The van der Waals surface area contributed by atoms with E-state index in [1.807, 2.05) is 27.8 Å². The van der Waals surface area contributed by atoms with Gasteiger partial charge < -0.3 is 19.7 Å². The third-order valence-electron chi connectivity index (χ3n) is 5.81. The zero-order chi connectivity index (χ0) is 23.8. The minimum atomic E-state index is -0.717. The van der Waals surface area contributed by atoms with Crippen molar-refractivity contribution in [3.8, 4) is 11.1 Å². The van der Waals surface area contributed by atoms with Crippen LogP contribution in [0.5, 0.6) is 0 Å². The fourth-order valence-corrected chi connectivity index (χ4v) is 3.93. The van der Waals surface area contributed by atoms with Gasteiger partial charge in [-0.25, -0.2) is 23.5 Å². The number of piperidine rings is 1. The molecule has 8 nitrogen and oxygen atoms in total. The molecule has 1 unspecified atom stereocenters. The van der Waals surface area contributed by atoms with Crippen LogP contribution in [0.4, 0.5) is 19.5 Å². The number of anilines is 1. The Labute approximate surface area is 191 Å². The van der Waals surface area contributed by atoms with E-state index in [2.05, 4.69) is 20.2 Å². The summed E-state index contributed by atoms with van der Waals surface area (Å²) in [6, 6.07) is 3.49. The van der Waals surface area contributed by atoms with E-state index in [4.69, 9.17) is 9.47 Å². The van der Waals surface area contributed by atoms with Crippen molar-refractivity contribution < 1.29 is 23.0 Å². The molecule has 2 aliphatic heterocycles. The Morgan fingerprint density at radius 2 is 1.73 bits per heavy atom. The SMILES string of the molecule is CN(C1CCN(C(=O)OC(C)(C)C)CC1)C1(Nc2ncc(-c3cc(F)cc(F)c3)cn2)CO1. The van der Waals surface area contributed by atoms with Crippen LogP contribution in [-0.2, 0) is 9.47 Å². The number of amides is 1. The molecule has 1 atom stereocenters. The zero-order valence-electron chi connectivity index (χ0n) is 19.3. The Morgan fingerprint density at radius 1 is 1.15 bits per heavy atom. The van der Waals surface area contributed by atoms with Crippen molar-refractivity contribution in [1.29, 1.82) is 0 Å². The van der Waals surface area contributed by atoms with Crippen LogP contribution in [-0.4, -0.2) is 70.1 Å². The standard InChI is InChI=1S/C23H29F2N5O3/c1-22(2,3)33-21(31)30-7-5-19(6-8-30)29(4)23(14-32-23)28-20-26-12-16(13-27-20)15-9-17(24)11-18(25)10-15/h9-13,19H,5-8,14H2,1-4H3,(H,26,27,28). The Bertz CT molecular complexity index is 980. The average Bonchev–Trinajstić information content (AvgIpc) is 3.52. The zero-order valence-corrected chi connectivity index (χ0v) is 19.3. The first-order chi connectivity index (χ1) is 15.5. The molecular weight excluding hydrogens is 432 g/mol. The van der Waals surface area contributed by atoms with Crippen molar-refractivity contribution in [3.63, 3.8) is 0 Å². The lowest BCUT2D eigenvalue weighted by atomic mass is 10.0. The molecule has 0 spiro atoms. The van der Waals surface area contributed by atoms with Crippen molar-refractivity contribution in [3.05, 3.63) is 42.2 Å². The van der Waals surface area contributed by atoms with Gasteiger partial charge in [0.2, 0.25) is 11.8 Å². The maximum Gasteiger partial charge on any atom is 0.410 e. The number of likely N-dealkylation sites (N-methyl/N-ethyl adjacent to an activating group) is 1. The van der Waals surface area contributed by atoms with Crippen LogP contribution in [0.15, 0.2) is 30.6 Å². The number of carbonyl (C=O) groups is 1. The summed E-state index contributed by atoms with van der Waals surface area (Å²) < 4.78 is 38.2. The summed E-state index contributed by atoms with van der Waals surface area (Å²) in [7, 11) is 1.97. The largest absolute Gasteiger partial charge is 0.444 e. The smallest absolute Gasteiger partial charge is 0.410 e. The topological polar surface area (TPSA) is 83.1 Å². The van der Waals surface area contributed by atoms with Crippen molar-refractivity contribution >= 4 is 12.0 Å². The second kappa shape index (κ2) is 8.83. The van der Waals surface area contributed by atoms with Gasteiger partial charge in [0.05, 0.1) is 0 Å². The summed E-state index contributed by atoms with van der Waals surface area (Å²) >= 11 is 0. The molecule has 33 heavy (non-hydrogen) atoms. The summed E-state index contributed by atoms with van der Waals surface area (Å²) in [5.74, 6) is -1.68. The number of nitrogens with one attached hydrogen (secondary N) is 1. The predicted molar refractivity (Wildman–Crippen MR) is 118 cm³/mol. The van der Waals surface area contributed by atoms with Gasteiger partial charge in [0, 0.05) is 43.2 Å². The van der Waals surface area contributed by atoms with Gasteiger partial charge in [-0.1, -0.05) is 0 Å². The quantitative estimate of drug-likeness (QED) is 0.535. The van der Waals surface area contributed by atoms with Crippen LogP contribution in [0, 0.1) is 11.6 Å². The first kappa shape index (κ1) is 23.3. The van der Waals surface area contributed by atoms with Crippen molar-refractivity contribution in [2.45, 2.75) is 51.1 Å². The van der Waals surface area contributed by atoms with E-state index in [1.165, 1.54) is 24.5 Å². The number of rotatable bonds is 5. The second-order valence-electron chi connectivity index (χ2n) is 9.46. The van der Waals surface area contributed by atoms with Crippen LogP contribution < -0.4 is 5.32 Å². The lowest BCUT2D eigenvalue weighted by Crippen LogP contribution is -2.53. The van der Waals surface area contributed by atoms with Crippen molar-refractivity contribution in [2.24, 2.45) is 0 Å². The van der Waals surface area contributed by atoms with Crippen molar-refractivity contribution in [1.82, 2.24) is 19.8 Å². The lowest BCUT2D eigenvalue weighted by Gasteiger charge is -2.39. The molecule has 178 valence electrons. The molecule has 1 N–H and O–H groups in total. The third-order valence-corrected chi connectivity index (χ3v) is 5.81. The van der Waals surface area contributed by atoms with E-state index in [0.717, 1.165) is 18.9 Å². The third kappa shape index (κ3) is 5.56. The Hall–Kier alpha value is -2.85. The van der Waals surface area contributed by atoms with Gasteiger partial charge in [-0.3, -0.25) is 4.90 Å². The van der Waals surface area contributed by atoms with E-state index in [-0.39, 0.29) is 12.1 Å². The first-order valence-corrected chi connectivity index (χ1v) is 11.0. The highest BCUT2D eigenvalue weighted by atomic mass is 19.1. The number of likely N-dealkylation sites (tertiary alicyclic amines) is 1. The van der Waals surface area contributed by atoms with Crippen LogP contribution >= 0.6 is 0 Å². The maximum atomic E-state index is 13.5. The lowest BCUT2D eigenvalue weighted by molar-refractivity contribution is 0.00691. The van der Waals surface area contributed by atoms with Gasteiger partial charge in [0.15, 0.2) is 0 Å². The van der Waals surface area contributed by atoms with Crippen molar-refractivity contribution in [2.75, 3.05) is 32.1 Å². The molecule has 3 heterocycles. The summed E-state index contributed by atoms with van der Waals surface area (Å²) in [6.45, 7) is 7.25. The number of epoxide rings is 1. The van der Waals surface area contributed by atoms with Gasteiger partial charge in [-0.2, -0.15) is 0 Å². The fraction of sp³-hybridized carbons (Fsp3) is 0.522. The summed E-state index contributed by atoms with van der Waals surface area (Å²) in [6.07, 6.45) is 4.31. The molecule has 4 rings (SSSR count). The number of hydrogen-bond acceptors (Lipinski definition) is 7. The molecule has 1 amide bonds. The van der Waals surface area contributed by atoms with E-state index in [1.54, 1.807) is 4.90 Å². The maximum absolute atomic E-state index is 13.5. The number of halogens is 2. The van der Waals surface area contributed by atoms with Crippen LogP contribution in [0.2, 0.25) is 0 Å².